The third-order valence-corrected chi connectivity index (χ3v) is 3.97. The lowest BCUT2D eigenvalue weighted by molar-refractivity contribution is -0.148. The Kier molecular flexibility index (Phi) is 4.97. The number of hydrogen-bond acceptors (Lipinski definition) is 3. The minimum atomic E-state index is -1.18. The first-order valence-electron chi connectivity index (χ1n) is 6.87. The second kappa shape index (κ2) is 6.11. The van der Waals surface area contributed by atoms with Gasteiger partial charge in [-0.2, -0.15) is 0 Å². The molecule has 20 heavy (non-hydrogen) atoms. The number of aliphatic carboxylic acids is 1. The monoisotopic (exact) mass is 285 g/mol. The number of primary amides is 1. The van der Waals surface area contributed by atoms with Crippen LogP contribution in [0.15, 0.2) is 0 Å². The van der Waals surface area contributed by atoms with Crippen LogP contribution in [0.1, 0.15) is 40.0 Å². The molecule has 7 heteroatoms. The first-order valence-corrected chi connectivity index (χ1v) is 6.87. The molecule has 1 heterocycles. The molecule has 0 aromatic carbocycles. The number of carboxylic acids is 1. The zero-order valence-corrected chi connectivity index (χ0v) is 12.2. The van der Waals surface area contributed by atoms with E-state index in [9.17, 15) is 19.5 Å². The van der Waals surface area contributed by atoms with E-state index in [4.69, 9.17) is 5.73 Å². The summed E-state index contributed by atoms with van der Waals surface area (Å²) in [5, 5.41) is 12.0. The summed E-state index contributed by atoms with van der Waals surface area (Å²) in [4.78, 5) is 36.4. The molecule has 7 nitrogen and oxygen atoms in total. The van der Waals surface area contributed by atoms with Gasteiger partial charge in [0, 0.05) is 6.54 Å². The molecular formula is C13H23N3O4. The molecule has 3 amide bonds. The van der Waals surface area contributed by atoms with Crippen LogP contribution < -0.4 is 11.1 Å². The fourth-order valence-electron chi connectivity index (χ4n) is 2.69. The normalized spacial score (nSPS) is 23.7. The molecule has 0 radical (unpaired) electrons. The molecule has 0 aromatic rings. The van der Waals surface area contributed by atoms with Crippen molar-refractivity contribution in [3.63, 3.8) is 0 Å². The number of nitrogens with zero attached hydrogens (tertiary/aromatic N) is 1. The van der Waals surface area contributed by atoms with Gasteiger partial charge in [0.2, 0.25) is 5.91 Å². The zero-order valence-electron chi connectivity index (χ0n) is 12.2. The maximum absolute atomic E-state index is 12.3. The predicted octanol–water partition coefficient (Wildman–Crippen LogP) is 0.535. The average Bonchev–Trinajstić information content (AvgIpc) is 2.79. The summed E-state index contributed by atoms with van der Waals surface area (Å²) in [5.74, 6) is -1.78. The van der Waals surface area contributed by atoms with E-state index in [1.54, 1.807) is 20.8 Å². The Balaban J connectivity index is 2.91. The minimum absolute atomic E-state index is 0.153. The van der Waals surface area contributed by atoms with Crippen molar-refractivity contribution in [2.45, 2.75) is 51.6 Å². The van der Waals surface area contributed by atoms with Gasteiger partial charge < -0.3 is 21.1 Å². The van der Waals surface area contributed by atoms with E-state index < -0.39 is 29.5 Å². The molecule has 1 saturated heterocycles. The van der Waals surface area contributed by atoms with E-state index in [1.807, 2.05) is 0 Å². The van der Waals surface area contributed by atoms with Crippen molar-refractivity contribution in [3.8, 4) is 0 Å². The predicted molar refractivity (Wildman–Crippen MR) is 72.9 cm³/mol. The number of carbonyl (C=O) groups is 3. The highest BCUT2D eigenvalue weighted by molar-refractivity contribution is 5.90. The first-order chi connectivity index (χ1) is 9.26. The molecule has 0 bridgehead atoms. The molecule has 0 aliphatic carbocycles. The first kappa shape index (κ1) is 16.3. The summed E-state index contributed by atoms with van der Waals surface area (Å²) < 4.78 is 0. The van der Waals surface area contributed by atoms with Crippen molar-refractivity contribution < 1.29 is 19.5 Å². The van der Waals surface area contributed by atoms with Gasteiger partial charge in [-0.25, -0.2) is 9.59 Å². The van der Waals surface area contributed by atoms with Crippen LogP contribution in [-0.4, -0.2) is 46.0 Å². The number of nitrogens with two attached hydrogens (primary N) is 1. The fraction of sp³-hybridized carbons (Fsp3) is 0.769. The minimum Gasteiger partial charge on any atom is -0.479 e. The van der Waals surface area contributed by atoms with Crippen LogP contribution in [0, 0.1) is 5.92 Å². The van der Waals surface area contributed by atoms with Crippen LogP contribution in [-0.2, 0) is 9.59 Å². The highest BCUT2D eigenvalue weighted by Crippen LogP contribution is 2.32. The van der Waals surface area contributed by atoms with E-state index in [0.717, 1.165) is 0 Å². The number of amides is 3. The molecule has 0 saturated carbocycles. The number of likely N-dealkylation sites (tertiary alicyclic amines) is 1. The Morgan fingerprint density at radius 3 is 2.40 bits per heavy atom. The summed E-state index contributed by atoms with van der Waals surface area (Å²) in [6.07, 6.45) is 1.39. The van der Waals surface area contributed by atoms with Crippen LogP contribution in [0.4, 0.5) is 4.79 Å². The molecular weight excluding hydrogens is 262 g/mol. The third-order valence-electron chi connectivity index (χ3n) is 3.97. The van der Waals surface area contributed by atoms with Crippen LogP contribution in [0.5, 0.6) is 0 Å². The van der Waals surface area contributed by atoms with Crippen LogP contribution in [0.25, 0.3) is 0 Å². The summed E-state index contributed by atoms with van der Waals surface area (Å²) >= 11 is 0. The molecule has 2 atom stereocenters. The van der Waals surface area contributed by atoms with Crippen molar-refractivity contribution in [3.05, 3.63) is 0 Å². The number of nitrogens with one attached hydrogen (secondary N) is 1. The number of carbonyl (C=O) groups excluding carboxylic acids is 2. The zero-order chi connectivity index (χ0) is 15.5. The van der Waals surface area contributed by atoms with Crippen LogP contribution in [0.2, 0.25) is 0 Å². The second-order valence-electron chi connectivity index (χ2n) is 5.52. The quantitative estimate of drug-likeness (QED) is 0.684. The largest absolute Gasteiger partial charge is 0.479 e. The molecule has 1 aliphatic rings. The maximum Gasteiger partial charge on any atom is 0.329 e. The lowest BCUT2D eigenvalue weighted by Crippen LogP contribution is -2.59. The Bertz CT molecular complexity index is 410. The Labute approximate surface area is 118 Å². The summed E-state index contributed by atoms with van der Waals surface area (Å²) in [5.41, 5.74) is 4.08. The van der Waals surface area contributed by atoms with Crippen LogP contribution in [0.3, 0.4) is 0 Å². The molecule has 1 fully saturated rings. The van der Waals surface area contributed by atoms with E-state index in [2.05, 4.69) is 5.32 Å². The smallest absolute Gasteiger partial charge is 0.329 e. The van der Waals surface area contributed by atoms with Gasteiger partial charge in [-0.3, -0.25) is 4.79 Å². The molecule has 4 N–H and O–H groups in total. The van der Waals surface area contributed by atoms with E-state index in [1.165, 1.54) is 4.90 Å². The molecule has 1 aliphatic heterocycles. The van der Waals surface area contributed by atoms with Crippen molar-refractivity contribution in [2.24, 2.45) is 11.7 Å². The molecule has 2 unspecified atom stereocenters. The van der Waals surface area contributed by atoms with Crippen molar-refractivity contribution in [2.75, 3.05) is 6.54 Å². The maximum atomic E-state index is 12.3. The van der Waals surface area contributed by atoms with E-state index in [0.29, 0.717) is 25.8 Å². The van der Waals surface area contributed by atoms with E-state index in [-0.39, 0.29) is 5.92 Å². The number of carboxylic acid groups (broad SMARTS) is 1. The highest BCUT2D eigenvalue weighted by atomic mass is 16.4. The summed E-state index contributed by atoms with van der Waals surface area (Å²) in [6, 6.07) is -1.34. The van der Waals surface area contributed by atoms with Gasteiger partial charge in [0.15, 0.2) is 0 Å². The van der Waals surface area contributed by atoms with Crippen LogP contribution >= 0.6 is 0 Å². The summed E-state index contributed by atoms with van der Waals surface area (Å²) in [6.45, 7) is 5.65. The molecule has 0 spiro atoms. The molecule has 1 rings (SSSR count). The standard InChI is InChI=1S/C13H23N3O4/c1-4-13(11(18)19)6-5-7-16(13)12(20)15-9(8(2)3)10(14)17/h8-9H,4-7H2,1-3H3,(H2,14,17)(H,15,20)(H,18,19). The van der Waals surface area contributed by atoms with Gasteiger partial charge >= 0.3 is 12.0 Å². The van der Waals surface area contributed by atoms with Gasteiger partial charge in [0.25, 0.3) is 0 Å². The highest BCUT2D eigenvalue weighted by Gasteiger charge is 2.49. The average molecular weight is 285 g/mol. The molecule has 114 valence electrons. The van der Waals surface area contributed by atoms with Gasteiger partial charge in [0.05, 0.1) is 0 Å². The number of hydrogen-bond donors (Lipinski definition) is 3. The third kappa shape index (κ3) is 2.86. The second-order valence-corrected chi connectivity index (χ2v) is 5.52. The lowest BCUT2D eigenvalue weighted by Gasteiger charge is -2.35. The number of urea groups is 1. The van der Waals surface area contributed by atoms with Crippen molar-refractivity contribution in [1.82, 2.24) is 10.2 Å². The lowest BCUT2D eigenvalue weighted by atomic mass is 9.93. The Morgan fingerprint density at radius 2 is 2.00 bits per heavy atom. The van der Waals surface area contributed by atoms with Crippen molar-refractivity contribution >= 4 is 17.9 Å². The van der Waals surface area contributed by atoms with Gasteiger partial charge in [-0.05, 0) is 25.2 Å². The topological polar surface area (TPSA) is 113 Å². The van der Waals surface area contributed by atoms with E-state index >= 15 is 0 Å². The Hall–Kier alpha value is -1.79. The van der Waals surface area contributed by atoms with Gasteiger partial charge in [-0.15, -0.1) is 0 Å². The van der Waals surface area contributed by atoms with Crippen molar-refractivity contribution in [1.29, 1.82) is 0 Å². The SMILES string of the molecule is CCC1(C(=O)O)CCCN1C(=O)NC(C(N)=O)C(C)C. The fourth-order valence-corrected chi connectivity index (χ4v) is 2.69. The number of rotatable bonds is 5. The Morgan fingerprint density at radius 1 is 1.40 bits per heavy atom. The van der Waals surface area contributed by atoms with Gasteiger partial charge in [-0.1, -0.05) is 20.8 Å². The van der Waals surface area contributed by atoms with Gasteiger partial charge in [0.1, 0.15) is 11.6 Å². The summed E-state index contributed by atoms with van der Waals surface area (Å²) in [7, 11) is 0. The molecule has 0 aromatic heterocycles.